The van der Waals surface area contributed by atoms with E-state index in [9.17, 15) is 9.59 Å². The summed E-state index contributed by atoms with van der Waals surface area (Å²) in [4.78, 5) is 32.5. The van der Waals surface area contributed by atoms with Crippen molar-refractivity contribution in [2.45, 2.75) is 59.3 Å². The van der Waals surface area contributed by atoms with Crippen molar-refractivity contribution in [3.8, 4) is 5.82 Å². The highest BCUT2D eigenvalue weighted by Gasteiger charge is 2.33. The lowest BCUT2D eigenvalue weighted by Gasteiger charge is -2.18. The van der Waals surface area contributed by atoms with Crippen LogP contribution in [0.2, 0.25) is 0 Å². The molecule has 3 heterocycles. The third kappa shape index (κ3) is 5.24. The number of hydrogen-bond acceptors (Lipinski definition) is 7. The van der Waals surface area contributed by atoms with Gasteiger partial charge in [-0.3, -0.25) is 4.79 Å². The molecule has 3 rings (SSSR count). The van der Waals surface area contributed by atoms with Gasteiger partial charge in [-0.2, -0.15) is 9.78 Å². The average Bonchev–Trinajstić information content (AvgIpc) is 3.13. The second-order valence-corrected chi connectivity index (χ2v) is 9.67. The number of aromatic amines is 1. The molecule has 0 amide bonds. The van der Waals surface area contributed by atoms with Crippen LogP contribution in [0, 0.1) is 0 Å². The Morgan fingerprint density at radius 3 is 2.42 bits per heavy atom. The van der Waals surface area contributed by atoms with E-state index in [2.05, 4.69) is 25.3 Å². The van der Waals surface area contributed by atoms with E-state index >= 15 is 0 Å². The first-order valence-corrected chi connectivity index (χ1v) is 10.8. The van der Waals surface area contributed by atoms with Crippen LogP contribution in [0.25, 0.3) is 5.82 Å². The highest BCUT2D eigenvalue weighted by Crippen LogP contribution is 2.35. The minimum Gasteiger partial charge on any atom is -0.462 e. The Morgan fingerprint density at radius 1 is 1.12 bits per heavy atom. The van der Waals surface area contributed by atoms with E-state index in [1.165, 1.54) is 4.68 Å². The summed E-state index contributed by atoms with van der Waals surface area (Å²) in [5.74, 6) is 0.0541. The summed E-state index contributed by atoms with van der Waals surface area (Å²) in [5.41, 5.74) is 0.651. The van der Waals surface area contributed by atoms with Gasteiger partial charge in [-0.15, -0.1) is 10.2 Å². The van der Waals surface area contributed by atoms with E-state index < -0.39 is 11.4 Å². The Kier molecular flexibility index (Phi) is 6.62. The minimum absolute atomic E-state index is 0.128. The first-order valence-electron chi connectivity index (χ1n) is 10.8. The standard InChI is InChI=1S/C24H30N6O3/c1-8-33-22(32)18-19(24(5,6)7)29-30(17-11-9-10-12-25-17)20(18)28-27-16-13-15(23(2,3)4)14-26-21(16)31/h9-14H,8H2,1-7H3,(H,26,31). The largest absolute Gasteiger partial charge is 0.462 e. The van der Waals surface area contributed by atoms with E-state index in [0.717, 1.165) is 5.56 Å². The molecule has 0 spiro atoms. The molecule has 33 heavy (non-hydrogen) atoms. The molecule has 9 heteroatoms. The van der Waals surface area contributed by atoms with Gasteiger partial charge < -0.3 is 9.72 Å². The van der Waals surface area contributed by atoms with Crippen LogP contribution in [0.4, 0.5) is 11.5 Å². The number of ether oxygens (including phenoxy) is 1. The molecule has 0 atom stereocenters. The topological polar surface area (TPSA) is 115 Å². The van der Waals surface area contributed by atoms with Crippen molar-refractivity contribution in [1.29, 1.82) is 0 Å². The van der Waals surface area contributed by atoms with Gasteiger partial charge >= 0.3 is 5.97 Å². The van der Waals surface area contributed by atoms with E-state index in [1.807, 2.05) is 47.6 Å². The highest BCUT2D eigenvalue weighted by molar-refractivity contribution is 5.96. The van der Waals surface area contributed by atoms with Crippen molar-refractivity contribution in [3.05, 3.63) is 63.8 Å². The van der Waals surface area contributed by atoms with Crippen LogP contribution in [0.3, 0.4) is 0 Å². The van der Waals surface area contributed by atoms with Gasteiger partial charge in [0.1, 0.15) is 5.56 Å². The molecule has 1 N–H and O–H groups in total. The normalized spacial score (nSPS) is 12.3. The van der Waals surface area contributed by atoms with Gasteiger partial charge in [-0.1, -0.05) is 47.6 Å². The summed E-state index contributed by atoms with van der Waals surface area (Å²) >= 11 is 0. The van der Waals surface area contributed by atoms with Crippen LogP contribution in [-0.2, 0) is 15.6 Å². The summed E-state index contributed by atoms with van der Waals surface area (Å²) in [6.07, 6.45) is 3.29. The van der Waals surface area contributed by atoms with Gasteiger partial charge in [0.05, 0.1) is 12.3 Å². The monoisotopic (exact) mass is 450 g/mol. The zero-order chi connectivity index (χ0) is 24.4. The van der Waals surface area contributed by atoms with E-state index in [-0.39, 0.29) is 34.6 Å². The molecule has 0 aliphatic carbocycles. The van der Waals surface area contributed by atoms with Crippen molar-refractivity contribution in [2.24, 2.45) is 10.2 Å². The number of pyridine rings is 2. The van der Waals surface area contributed by atoms with E-state index in [0.29, 0.717) is 11.5 Å². The predicted octanol–water partition coefficient (Wildman–Crippen LogP) is 5.14. The molecule has 0 aliphatic heterocycles. The maximum absolute atomic E-state index is 13.0. The number of aromatic nitrogens is 4. The molecule has 0 unspecified atom stereocenters. The maximum Gasteiger partial charge on any atom is 0.344 e. The zero-order valence-electron chi connectivity index (χ0n) is 20.1. The van der Waals surface area contributed by atoms with Crippen molar-refractivity contribution in [2.75, 3.05) is 6.61 Å². The molecule has 3 aromatic heterocycles. The van der Waals surface area contributed by atoms with Crippen molar-refractivity contribution < 1.29 is 9.53 Å². The number of carbonyl (C=O) groups excluding carboxylic acids is 1. The minimum atomic E-state index is -0.559. The molecule has 174 valence electrons. The number of H-pyrrole nitrogens is 1. The first kappa shape index (κ1) is 24.0. The lowest BCUT2D eigenvalue weighted by Crippen LogP contribution is -2.18. The van der Waals surface area contributed by atoms with Gasteiger partial charge in [0.15, 0.2) is 17.3 Å². The molecule has 0 aliphatic rings. The van der Waals surface area contributed by atoms with Crippen LogP contribution in [0.15, 0.2) is 51.7 Å². The molecule has 0 bridgehead atoms. The fraction of sp³-hybridized carbons (Fsp3) is 0.417. The fourth-order valence-corrected chi connectivity index (χ4v) is 3.14. The van der Waals surface area contributed by atoms with E-state index in [1.54, 1.807) is 37.5 Å². The second-order valence-electron chi connectivity index (χ2n) is 9.67. The summed E-state index contributed by atoms with van der Waals surface area (Å²) in [7, 11) is 0. The molecule has 0 saturated carbocycles. The van der Waals surface area contributed by atoms with Gasteiger partial charge in [0, 0.05) is 17.8 Å². The lowest BCUT2D eigenvalue weighted by molar-refractivity contribution is 0.0524. The number of nitrogens with one attached hydrogen (secondary N) is 1. The van der Waals surface area contributed by atoms with Crippen LogP contribution in [0.5, 0.6) is 0 Å². The average molecular weight is 451 g/mol. The Morgan fingerprint density at radius 2 is 1.85 bits per heavy atom. The smallest absolute Gasteiger partial charge is 0.344 e. The first-order chi connectivity index (χ1) is 15.4. The fourth-order valence-electron chi connectivity index (χ4n) is 3.14. The van der Waals surface area contributed by atoms with Crippen LogP contribution in [-0.4, -0.2) is 32.3 Å². The summed E-state index contributed by atoms with van der Waals surface area (Å²) in [6, 6.07) is 7.03. The summed E-state index contributed by atoms with van der Waals surface area (Å²) < 4.78 is 6.77. The predicted molar refractivity (Wildman–Crippen MR) is 126 cm³/mol. The number of rotatable bonds is 5. The van der Waals surface area contributed by atoms with E-state index in [4.69, 9.17) is 4.74 Å². The summed E-state index contributed by atoms with van der Waals surface area (Å²) in [5, 5.41) is 13.2. The Balaban J connectivity index is 2.26. The highest BCUT2D eigenvalue weighted by atomic mass is 16.5. The lowest BCUT2D eigenvalue weighted by atomic mass is 9.88. The molecule has 9 nitrogen and oxygen atoms in total. The number of hydrogen-bond donors (Lipinski definition) is 1. The molecule has 0 saturated heterocycles. The van der Waals surface area contributed by atoms with Gasteiger partial charge in [0.25, 0.3) is 5.56 Å². The third-order valence-electron chi connectivity index (χ3n) is 4.92. The van der Waals surface area contributed by atoms with Crippen LogP contribution in [0.1, 0.15) is 70.1 Å². The molecule has 0 aromatic carbocycles. The van der Waals surface area contributed by atoms with Gasteiger partial charge in [0.2, 0.25) is 0 Å². The van der Waals surface area contributed by atoms with Crippen LogP contribution >= 0.6 is 0 Å². The second kappa shape index (κ2) is 9.09. The van der Waals surface area contributed by atoms with Gasteiger partial charge in [-0.05, 0) is 36.1 Å². The number of carbonyl (C=O) groups is 1. The number of nitrogens with zero attached hydrogens (tertiary/aromatic N) is 5. The molecule has 0 radical (unpaired) electrons. The molecular weight excluding hydrogens is 420 g/mol. The maximum atomic E-state index is 13.0. The number of azo groups is 1. The molecule has 3 aromatic rings. The quantitative estimate of drug-likeness (QED) is 0.427. The third-order valence-corrected chi connectivity index (χ3v) is 4.92. The van der Waals surface area contributed by atoms with Crippen LogP contribution < -0.4 is 5.56 Å². The summed E-state index contributed by atoms with van der Waals surface area (Å²) in [6.45, 7) is 13.9. The molecule has 0 fully saturated rings. The Bertz CT molecular complexity index is 1230. The van der Waals surface area contributed by atoms with Crippen molar-refractivity contribution in [3.63, 3.8) is 0 Å². The van der Waals surface area contributed by atoms with Crippen molar-refractivity contribution >= 4 is 17.5 Å². The van der Waals surface area contributed by atoms with Crippen molar-refractivity contribution in [1.82, 2.24) is 19.7 Å². The van der Waals surface area contributed by atoms with Gasteiger partial charge in [-0.25, -0.2) is 9.78 Å². The number of esters is 1. The Labute approximate surface area is 192 Å². The SMILES string of the molecule is CCOC(=O)c1c(C(C)(C)C)nn(-c2ccccn2)c1N=Nc1cc(C(C)(C)C)c[nH]c1=O. The Hall–Kier alpha value is -3.62. The molecular formula is C24H30N6O3. The zero-order valence-corrected chi connectivity index (χ0v) is 20.1.